The Hall–Kier alpha value is -4.61. The fourth-order valence-electron chi connectivity index (χ4n) is 4.58. The highest BCUT2D eigenvalue weighted by Crippen LogP contribution is 2.17. The summed E-state index contributed by atoms with van der Waals surface area (Å²) in [5, 5.41) is 30.8. The van der Waals surface area contributed by atoms with Crippen LogP contribution in [-0.2, 0) is 25.7 Å². The van der Waals surface area contributed by atoms with Crippen LogP contribution in [0.2, 0.25) is 0 Å². The van der Waals surface area contributed by atoms with Gasteiger partial charge in [-0.15, -0.1) is 0 Å². The first-order chi connectivity index (χ1) is 21.3. The van der Waals surface area contributed by atoms with E-state index in [-0.39, 0.29) is 42.4 Å². The van der Waals surface area contributed by atoms with Crippen molar-refractivity contribution < 1.29 is 37.9 Å². The van der Waals surface area contributed by atoms with E-state index in [1.807, 2.05) is 19.9 Å². The van der Waals surface area contributed by atoms with Crippen molar-refractivity contribution >= 4 is 23.6 Å². The number of allylic oxidation sites excluding steroid dienone is 1. The molecule has 0 radical (unpaired) electrons. The van der Waals surface area contributed by atoms with Crippen LogP contribution in [0.25, 0.3) is 0 Å². The number of nitrogens with one attached hydrogen (secondary N) is 3. The van der Waals surface area contributed by atoms with Crippen molar-refractivity contribution in [1.82, 2.24) is 26.0 Å². The van der Waals surface area contributed by atoms with Crippen LogP contribution in [0.3, 0.4) is 0 Å². The summed E-state index contributed by atoms with van der Waals surface area (Å²) in [6.07, 6.45) is 0.143. The van der Waals surface area contributed by atoms with Crippen molar-refractivity contribution in [2.24, 2.45) is 5.92 Å². The average Bonchev–Trinajstić information content (AvgIpc) is 3.64. The van der Waals surface area contributed by atoms with Crippen molar-refractivity contribution in [2.45, 2.75) is 71.9 Å². The molecule has 3 rings (SSSR count). The maximum atomic E-state index is 14.4. The molecule has 2 aromatic rings. The highest BCUT2D eigenvalue weighted by molar-refractivity contribution is 5.98. The number of benzene rings is 1. The number of carbonyl (C=O) groups is 4. The zero-order valence-corrected chi connectivity index (χ0v) is 25.9. The molecule has 14 heteroatoms. The van der Waals surface area contributed by atoms with Crippen LogP contribution in [0.4, 0.5) is 4.39 Å². The first-order valence-corrected chi connectivity index (χ1v) is 14.6. The molecule has 4 amide bonds. The van der Waals surface area contributed by atoms with Crippen LogP contribution < -0.4 is 16.0 Å². The van der Waals surface area contributed by atoms with Gasteiger partial charge in [-0.1, -0.05) is 37.2 Å². The minimum atomic E-state index is -1.48. The number of aromatic nitrogens is 1. The number of aliphatic hydroxyl groups is 1. The number of rotatable bonds is 13. The third kappa shape index (κ3) is 9.95. The smallest absolute Gasteiger partial charge is 0.274 e. The Bertz CT molecular complexity index is 1460. The second kappa shape index (κ2) is 15.9. The molecular formula is C31H39FN6O7. The normalized spacial score (nSPS) is 16.9. The molecule has 1 fully saturated rings. The summed E-state index contributed by atoms with van der Waals surface area (Å²) in [5.74, 6) is -2.93. The molecule has 1 saturated heterocycles. The van der Waals surface area contributed by atoms with Gasteiger partial charge in [-0.25, -0.2) is 4.39 Å². The summed E-state index contributed by atoms with van der Waals surface area (Å²) in [7, 11) is 0. The first kappa shape index (κ1) is 34.9. The molecule has 0 saturated carbocycles. The number of nitrogens with zero attached hydrogens (tertiary/aromatic N) is 3. The number of ether oxygens (including phenoxy) is 1. The highest BCUT2D eigenvalue weighted by Gasteiger charge is 2.33. The van der Waals surface area contributed by atoms with Gasteiger partial charge in [0.25, 0.3) is 11.8 Å². The average molecular weight is 627 g/mol. The molecular weight excluding hydrogens is 587 g/mol. The molecule has 2 heterocycles. The van der Waals surface area contributed by atoms with Crippen molar-refractivity contribution in [3.63, 3.8) is 0 Å². The molecule has 45 heavy (non-hydrogen) atoms. The molecule has 1 aromatic carbocycles. The fraction of sp³-hybridized carbons (Fsp3) is 0.484. The number of aryl methyl sites for hydroxylation is 2. The fourth-order valence-corrected chi connectivity index (χ4v) is 4.58. The maximum absolute atomic E-state index is 14.4. The van der Waals surface area contributed by atoms with E-state index in [1.54, 1.807) is 26.0 Å². The lowest BCUT2D eigenvalue weighted by atomic mass is 10.1. The Balaban J connectivity index is 1.71. The molecule has 3 unspecified atom stereocenters. The molecule has 1 aliphatic heterocycles. The van der Waals surface area contributed by atoms with E-state index < -0.39 is 53.7 Å². The van der Waals surface area contributed by atoms with Crippen LogP contribution in [0, 0.1) is 36.9 Å². The summed E-state index contributed by atoms with van der Waals surface area (Å²) in [6, 6.07) is 5.05. The predicted octanol–water partition coefficient (Wildman–Crippen LogP) is 1.43. The quantitative estimate of drug-likeness (QED) is 0.188. The summed E-state index contributed by atoms with van der Waals surface area (Å²) in [4.78, 5) is 53.4. The van der Waals surface area contributed by atoms with Gasteiger partial charge in [-0.2, -0.15) is 5.26 Å². The number of carbonyl (C=O) groups excluding carboxylic acids is 4. The van der Waals surface area contributed by atoms with E-state index in [9.17, 15) is 33.9 Å². The molecule has 0 bridgehead atoms. The lowest BCUT2D eigenvalue weighted by Gasteiger charge is -2.25. The second-order valence-electron chi connectivity index (χ2n) is 11.3. The lowest BCUT2D eigenvalue weighted by Crippen LogP contribution is -2.58. The van der Waals surface area contributed by atoms with E-state index in [2.05, 4.69) is 21.1 Å². The van der Waals surface area contributed by atoms with Gasteiger partial charge in [0.05, 0.1) is 18.8 Å². The van der Waals surface area contributed by atoms with Crippen LogP contribution in [0.5, 0.6) is 0 Å². The standard InChI is InChI=1S/C31H39FN6O7/c1-17(2)10-22(13-33)31(43)38-9-8-23(15-38)44-16-26(28(40)34-14-21-7-6-18(3)11-24(21)32)35-30(42)27(20(5)39)36-29(41)25-12-19(4)45-37-25/h6-7,10-12,17,20,23,26-27,39H,8-9,14-16H2,1-5H3,(H,34,40)(H,35,42)(H,36,41)/t20?,23-,26?,27?/m0/s1. The third-order valence-electron chi connectivity index (χ3n) is 6.99. The van der Waals surface area contributed by atoms with E-state index in [4.69, 9.17) is 9.26 Å². The Morgan fingerprint density at radius 3 is 2.53 bits per heavy atom. The second-order valence-corrected chi connectivity index (χ2v) is 11.3. The summed E-state index contributed by atoms with van der Waals surface area (Å²) < 4.78 is 25.2. The van der Waals surface area contributed by atoms with E-state index in [1.165, 1.54) is 30.0 Å². The van der Waals surface area contributed by atoms with Crippen LogP contribution in [0.1, 0.15) is 54.6 Å². The summed E-state index contributed by atoms with van der Waals surface area (Å²) in [6.45, 7) is 8.29. The molecule has 0 aliphatic carbocycles. The van der Waals surface area contributed by atoms with Gasteiger partial charge >= 0.3 is 0 Å². The summed E-state index contributed by atoms with van der Waals surface area (Å²) in [5.41, 5.74) is 0.862. The van der Waals surface area contributed by atoms with E-state index in [0.29, 0.717) is 24.3 Å². The first-order valence-electron chi connectivity index (χ1n) is 14.6. The van der Waals surface area contributed by atoms with Gasteiger partial charge in [-0.3, -0.25) is 19.2 Å². The van der Waals surface area contributed by atoms with Gasteiger partial charge in [-0.05, 0) is 44.7 Å². The molecule has 4 atom stereocenters. The van der Waals surface area contributed by atoms with E-state index in [0.717, 1.165) is 0 Å². The van der Waals surface area contributed by atoms with Gasteiger partial charge in [0.1, 0.15) is 35.3 Å². The Kier molecular flexibility index (Phi) is 12.3. The summed E-state index contributed by atoms with van der Waals surface area (Å²) >= 11 is 0. The molecule has 242 valence electrons. The highest BCUT2D eigenvalue weighted by atomic mass is 19.1. The van der Waals surface area contributed by atoms with Gasteiger partial charge in [0.15, 0.2) is 5.69 Å². The molecule has 0 spiro atoms. The van der Waals surface area contributed by atoms with Gasteiger partial charge in [0, 0.05) is 31.3 Å². The minimum absolute atomic E-state index is 0.00447. The molecule has 13 nitrogen and oxygen atoms in total. The van der Waals surface area contributed by atoms with Gasteiger partial charge in [0.2, 0.25) is 11.8 Å². The zero-order valence-electron chi connectivity index (χ0n) is 25.9. The number of aliphatic hydroxyl groups excluding tert-OH is 1. The number of hydrogen-bond donors (Lipinski definition) is 4. The van der Waals surface area contributed by atoms with E-state index >= 15 is 0 Å². The zero-order chi connectivity index (χ0) is 33.3. The predicted molar refractivity (Wildman–Crippen MR) is 159 cm³/mol. The topological polar surface area (TPSA) is 187 Å². The third-order valence-corrected chi connectivity index (χ3v) is 6.99. The Morgan fingerprint density at radius 1 is 1.20 bits per heavy atom. The van der Waals surface area contributed by atoms with Crippen molar-refractivity contribution in [3.05, 3.63) is 64.3 Å². The van der Waals surface area contributed by atoms with Crippen molar-refractivity contribution in [3.8, 4) is 6.07 Å². The number of amides is 4. The van der Waals surface area contributed by atoms with Crippen molar-refractivity contribution in [2.75, 3.05) is 19.7 Å². The van der Waals surface area contributed by atoms with Gasteiger partial charge < -0.3 is 35.2 Å². The Morgan fingerprint density at radius 2 is 1.93 bits per heavy atom. The van der Waals surface area contributed by atoms with Crippen LogP contribution >= 0.6 is 0 Å². The number of halogens is 1. The Labute approximate surface area is 260 Å². The molecule has 1 aliphatic rings. The lowest BCUT2D eigenvalue weighted by molar-refractivity contribution is -0.133. The maximum Gasteiger partial charge on any atom is 0.274 e. The SMILES string of the molecule is Cc1ccc(CNC(=O)C(CO[C@H]2CCN(C(=O)C(C#N)=CC(C)C)C2)NC(=O)C(NC(=O)c2cc(C)on2)C(C)O)c(F)c1. The monoisotopic (exact) mass is 626 g/mol. The number of nitriles is 1. The molecule has 4 N–H and O–H groups in total. The largest absolute Gasteiger partial charge is 0.391 e. The molecule has 1 aromatic heterocycles. The van der Waals surface area contributed by atoms with Crippen LogP contribution in [0.15, 0.2) is 40.4 Å². The van der Waals surface area contributed by atoms with Crippen LogP contribution in [-0.4, -0.2) is 82.8 Å². The number of likely N-dealkylation sites (tertiary alicyclic amines) is 1. The minimum Gasteiger partial charge on any atom is -0.391 e. The van der Waals surface area contributed by atoms with Crippen molar-refractivity contribution in [1.29, 1.82) is 5.26 Å². The number of hydrogen-bond acceptors (Lipinski definition) is 9.